The Labute approximate surface area is 118 Å². The molecule has 2 N–H and O–H groups in total. The highest BCUT2D eigenvalue weighted by molar-refractivity contribution is 6.33. The Morgan fingerprint density at radius 1 is 1.33 bits per heavy atom. The molecule has 100 valence electrons. The lowest BCUT2D eigenvalue weighted by Crippen LogP contribution is -2.22. The fraction of sp³-hybridized carbons (Fsp3) is 0.571. The molecule has 0 amide bonds. The van der Waals surface area contributed by atoms with E-state index in [2.05, 4.69) is 5.32 Å². The maximum atomic E-state index is 10.0. The Morgan fingerprint density at radius 2 is 2.11 bits per heavy atom. The number of aliphatic hydroxyl groups excluding tert-OH is 1. The largest absolute Gasteiger partial charge is 0.387 e. The van der Waals surface area contributed by atoms with Crippen LogP contribution in [0.2, 0.25) is 10.0 Å². The van der Waals surface area contributed by atoms with Gasteiger partial charge in [-0.1, -0.05) is 36.0 Å². The van der Waals surface area contributed by atoms with Crippen molar-refractivity contribution in [3.05, 3.63) is 33.8 Å². The smallest absolute Gasteiger partial charge is 0.0929 e. The van der Waals surface area contributed by atoms with Gasteiger partial charge >= 0.3 is 0 Å². The zero-order valence-electron chi connectivity index (χ0n) is 10.3. The molecular formula is C14H19Cl2NO. The highest BCUT2D eigenvalue weighted by Crippen LogP contribution is 2.33. The van der Waals surface area contributed by atoms with E-state index in [4.69, 9.17) is 23.2 Å². The van der Waals surface area contributed by atoms with Crippen molar-refractivity contribution in [1.29, 1.82) is 0 Å². The van der Waals surface area contributed by atoms with Crippen molar-refractivity contribution in [2.24, 2.45) is 5.92 Å². The topological polar surface area (TPSA) is 32.3 Å². The van der Waals surface area contributed by atoms with E-state index in [0.717, 1.165) is 12.5 Å². The average Bonchev–Trinajstić information content (AvgIpc) is 3.15. The number of aliphatic hydroxyl groups is 1. The number of nitrogens with one attached hydrogen (secondary N) is 1. The quantitative estimate of drug-likeness (QED) is 0.748. The van der Waals surface area contributed by atoms with E-state index in [1.54, 1.807) is 18.2 Å². The van der Waals surface area contributed by atoms with Crippen LogP contribution in [0.3, 0.4) is 0 Å². The molecule has 0 saturated heterocycles. The molecule has 1 aromatic rings. The summed E-state index contributed by atoms with van der Waals surface area (Å²) in [5, 5.41) is 14.5. The molecule has 2 nitrogen and oxygen atoms in total. The fourth-order valence-electron chi connectivity index (χ4n) is 2.04. The molecule has 0 spiro atoms. The number of benzene rings is 1. The summed E-state index contributed by atoms with van der Waals surface area (Å²) in [6, 6.07) is 5.17. The fourth-order valence-corrected chi connectivity index (χ4v) is 2.47. The number of hydrogen-bond donors (Lipinski definition) is 2. The van der Waals surface area contributed by atoms with Crippen molar-refractivity contribution >= 4 is 23.2 Å². The van der Waals surface area contributed by atoms with E-state index in [9.17, 15) is 5.11 Å². The van der Waals surface area contributed by atoms with Gasteiger partial charge in [0.15, 0.2) is 0 Å². The van der Waals surface area contributed by atoms with Gasteiger partial charge in [-0.3, -0.25) is 0 Å². The van der Waals surface area contributed by atoms with Crippen LogP contribution in [0.5, 0.6) is 0 Å². The third-order valence-corrected chi connectivity index (χ3v) is 3.90. The van der Waals surface area contributed by atoms with Crippen LogP contribution in [0, 0.1) is 5.92 Å². The van der Waals surface area contributed by atoms with Gasteiger partial charge in [-0.25, -0.2) is 0 Å². The summed E-state index contributed by atoms with van der Waals surface area (Å²) >= 11 is 11.9. The third kappa shape index (κ3) is 4.43. The van der Waals surface area contributed by atoms with Crippen LogP contribution < -0.4 is 5.32 Å². The van der Waals surface area contributed by atoms with Crippen LogP contribution in [-0.4, -0.2) is 18.2 Å². The van der Waals surface area contributed by atoms with Crippen molar-refractivity contribution in [1.82, 2.24) is 5.32 Å². The third-order valence-electron chi connectivity index (χ3n) is 3.32. The summed E-state index contributed by atoms with van der Waals surface area (Å²) in [7, 11) is 0. The lowest BCUT2D eigenvalue weighted by molar-refractivity contribution is 0.175. The molecule has 2 rings (SSSR count). The summed E-state index contributed by atoms with van der Waals surface area (Å²) in [6.07, 6.45) is 4.69. The Balaban J connectivity index is 1.72. The van der Waals surface area contributed by atoms with Crippen molar-refractivity contribution in [2.75, 3.05) is 13.1 Å². The lowest BCUT2D eigenvalue weighted by Gasteiger charge is -2.14. The molecule has 0 bridgehead atoms. The zero-order valence-corrected chi connectivity index (χ0v) is 11.8. The molecule has 0 radical (unpaired) electrons. The van der Waals surface area contributed by atoms with Crippen molar-refractivity contribution in [3.8, 4) is 0 Å². The number of halogens is 2. The first-order chi connectivity index (χ1) is 8.66. The van der Waals surface area contributed by atoms with Crippen LogP contribution in [0.1, 0.15) is 37.4 Å². The van der Waals surface area contributed by atoms with Gasteiger partial charge in [0, 0.05) is 22.2 Å². The maximum absolute atomic E-state index is 10.0. The molecule has 1 aliphatic carbocycles. The van der Waals surface area contributed by atoms with Gasteiger partial charge in [0.1, 0.15) is 0 Å². The molecular weight excluding hydrogens is 269 g/mol. The molecule has 0 aliphatic heterocycles. The van der Waals surface area contributed by atoms with E-state index in [-0.39, 0.29) is 0 Å². The Bertz CT molecular complexity index is 393. The molecule has 1 saturated carbocycles. The molecule has 1 aromatic carbocycles. The van der Waals surface area contributed by atoms with Crippen molar-refractivity contribution < 1.29 is 5.11 Å². The Hall–Kier alpha value is -0.280. The summed E-state index contributed by atoms with van der Waals surface area (Å²) in [4.78, 5) is 0. The van der Waals surface area contributed by atoms with Gasteiger partial charge in [-0.2, -0.15) is 0 Å². The average molecular weight is 288 g/mol. The predicted octanol–water partition coefficient (Wildman–Crippen LogP) is 3.81. The van der Waals surface area contributed by atoms with Gasteiger partial charge in [0.25, 0.3) is 0 Å². The van der Waals surface area contributed by atoms with Crippen LogP contribution in [-0.2, 0) is 0 Å². The van der Waals surface area contributed by atoms with Crippen LogP contribution in [0.25, 0.3) is 0 Å². The van der Waals surface area contributed by atoms with E-state index < -0.39 is 6.10 Å². The van der Waals surface area contributed by atoms with Crippen molar-refractivity contribution in [2.45, 2.75) is 31.8 Å². The lowest BCUT2D eigenvalue weighted by atomic mass is 10.1. The minimum atomic E-state index is -0.600. The molecule has 1 fully saturated rings. The second-order valence-corrected chi connectivity index (χ2v) is 5.81. The second kappa shape index (κ2) is 6.76. The monoisotopic (exact) mass is 287 g/mol. The normalized spacial score (nSPS) is 16.8. The van der Waals surface area contributed by atoms with E-state index in [1.807, 2.05) is 0 Å². The first-order valence-corrected chi connectivity index (χ1v) is 7.26. The predicted molar refractivity (Wildman–Crippen MR) is 76.2 cm³/mol. The minimum absolute atomic E-state index is 0.519. The molecule has 18 heavy (non-hydrogen) atoms. The van der Waals surface area contributed by atoms with E-state index >= 15 is 0 Å². The van der Waals surface area contributed by atoms with E-state index in [0.29, 0.717) is 22.2 Å². The zero-order chi connectivity index (χ0) is 13.0. The summed E-state index contributed by atoms with van der Waals surface area (Å²) in [5.74, 6) is 0.971. The highest BCUT2D eigenvalue weighted by atomic mass is 35.5. The summed E-state index contributed by atoms with van der Waals surface area (Å²) in [6.45, 7) is 1.47. The molecule has 1 unspecified atom stereocenters. The second-order valence-electron chi connectivity index (χ2n) is 4.97. The molecule has 1 atom stereocenters. The highest BCUT2D eigenvalue weighted by Gasteiger charge is 2.20. The van der Waals surface area contributed by atoms with Gasteiger partial charge in [0.2, 0.25) is 0 Å². The first-order valence-electron chi connectivity index (χ1n) is 6.50. The van der Waals surface area contributed by atoms with Gasteiger partial charge in [-0.15, -0.1) is 0 Å². The molecule has 4 heteroatoms. The number of rotatable bonds is 7. The standard InChI is InChI=1S/C14H19Cl2NO/c15-11-5-6-13(16)12(8-11)14(18)9-17-7-1-2-10-3-4-10/h5-6,8,10,14,17-18H,1-4,7,9H2. The molecule has 0 aromatic heterocycles. The number of hydrogen-bond acceptors (Lipinski definition) is 2. The Morgan fingerprint density at radius 3 is 2.83 bits per heavy atom. The molecule has 1 aliphatic rings. The maximum Gasteiger partial charge on any atom is 0.0929 e. The van der Waals surface area contributed by atoms with Crippen LogP contribution >= 0.6 is 23.2 Å². The van der Waals surface area contributed by atoms with Gasteiger partial charge < -0.3 is 10.4 Å². The molecule has 0 heterocycles. The van der Waals surface area contributed by atoms with E-state index in [1.165, 1.54) is 25.7 Å². The van der Waals surface area contributed by atoms with Crippen LogP contribution in [0.4, 0.5) is 0 Å². The minimum Gasteiger partial charge on any atom is -0.387 e. The first kappa shape index (κ1) is 14.1. The van der Waals surface area contributed by atoms with Gasteiger partial charge in [0.05, 0.1) is 6.10 Å². The Kier molecular flexibility index (Phi) is 5.31. The summed E-state index contributed by atoms with van der Waals surface area (Å²) < 4.78 is 0. The summed E-state index contributed by atoms with van der Waals surface area (Å²) in [5.41, 5.74) is 0.693. The van der Waals surface area contributed by atoms with Gasteiger partial charge in [-0.05, 0) is 43.5 Å². The van der Waals surface area contributed by atoms with Crippen LogP contribution in [0.15, 0.2) is 18.2 Å². The van der Waals surface area contributed by atoms with Crippen molar-refractivity contribution in [3.63, 3.8) is 0 Å². The SMILES string of the molecule is OC(CNCCCC1CC1)c1cc(Cl)ccc1Cl.